The van der Waals surface area contributed by atoms with Crippen LogP contribution in [0.4, 0.5) is 0 Å². The molecule has 1 aromatic heterocycles. The molecule has 0 aromatic carbocycles. The van der Waals surface area contributed by atoms with Crippen LogP contribution in [0.15, 0.2) is 23.3 Å². The largest absolute Gasteiger partial charge is 0.357 e. The van der Waals surface area contributed by atoms with Crippen LogP contribution in [0.25, 0.3) is 0 Å². The Morgan fingerprint density at radius 2 is 2.00 bits per heavy atom. The molecule has 1 aliphatic heterocycles. The smallest absolute Gasteiger partial charge is 0.194 e. The number of aryl methyl sites for hydroxylation is 1. The zero-order valence-corrected chi connectivity index (χ0v) is 16.0. The first-order chi connectivity index (χ1) is 11.5. The van der Waals surface area contributed by atoms with Crippen molar-refractivity contribution in [2.75, 3.05) is 53.4 Å². The van der Waals surface area contributed by atoms with E-state index >= 15 is 0 Å². The maximum Gasteiger partial charge on any atom is 0.194 e. The van der Waals surface area contributed by atoms with Crippen LogP contribution in [-0.2, 0) is 13.6 Å². The van der Waals surface area contributed by atoms with Gasteiger partial charge in [-0.1, -0.05) is 0 Å². The number of piperazine rings is 1. The number of nitrogens with zero attached hydrogens (tertiary/aromatic N) is 5. The van der Waals surface area contributed by atoms with E-state index in [4.69, 9.17) is 4.99 Å². The molecule has 24 heavy (non-hydrogen) atoms. The van der Waals surface area contributed by atoms with Crippen molar-refractivity contribution in [3.05, 3.63) is 24.0 Å². The van der Waals surface area contributed by atoms with Crippen molar-refractivity contribution >= 4 is 5.96 Å². The first-order valence-corrected chi connectivity index (χ1v) is 9.03. The van der Waals surface area contributed by atoms with Crippen molar-refractivity contribution in [2.24, 2.45) is 12.0 Å². The van der Waals surface area contributed by atoms with Crippen LogP contribution in [0.5, 0.6) is 0 Å². The number of guanidine groups is 1. The second-order valence-electron chi connectivity index (χ2n) is 6.85. The number of hydrogen-bond donors (Lipinski definition) is 1. The van der Waals surface area contributed by atoms with Gasteiger partial charge in [-0.05, 0) is 33.0 Å². The number of nitrogens with one attached hydrogen (secondary N) is 1. The Morgan fingerprint density at radius 1 is 1.29 bits per heavy atom. The standard InChI is InChI=1S/C18H34N6/c1-6-19-18(23(5)15-17-8-7-9-22(17)4)20-14-16(2)24-12-10-21(3)11-13-24/h7-9,16H,6,10-15H2,1-5H3,(H,19,20). The summed E-state index contributed by atoms with van der Waals surface area (Å²) in [5, 5.41) is 3.42. The zero-order chi connectivity index (χ0) is 17.5. The molecule has 0 aliphatic carbocycles. The molecule has 0 amide bonds. The number of hydrogen-bond acceptors (Lipinski definition) is 3. The topological polar surface area (TPSA) is 39.0 Å². The molecular weight excluding hydrogens is 300 g/mol. The number of aromatic nitrogens is 1. The predicted molar refractivity (Wildman–Crippen MR) is 101 cm³/mol. The van der Waals surface area contributed by atoms with Gasteiger partial charge in [-0.25, -0.2) is 0 Å². The molecule has 1 saturated heterocycles. The quantitative estimate of drug-likeness (QED) is 0.624. The van der Waals surface area contributed by atoms with Crippen molar-refractivity contribution in [1.82, 2.24) is 24.6 Å². The normalized spacial score (nSPS) is 18.6. The average Bonchev–Trinajstić information content (AvgIpc) is 2.96. The molecule has 1 unspecified atom stereocenters. The molecule has 6 nitrogen and oxygen atoms in total. The maximum absolute atomic E-state index is 4.88. The van der Waals surface area contributed by atoms with E-state index < -0.39 is 0 Å². The summed E-state index contributed by atoms with van der Waals surface area (Å²) < 4.78 is 2.16. The minimum absolute atomic E-state index is 0.482. The lowest BCUT2D eigenvalue weighted by Crippen LogP contribution is -2.49. The molecule has 1 fully saturated rings. The highest BCUT2D eigenvalue weighted by Gasteiger charge is 2.19. The summed E-state index contributed by atoms with van der Waals surface area (Å²) in [7, 11) is 6.39. The fourth-order valence-corrected chi connectivity index (χ4v) is 3.05. The lowest BCUT2D eigenvalue weighted by Gasteiger charge is -2.36. The molecule has 136 valence electrons. The van der Waals surface area contributed by atoms with Crippen molar-refractivity contribution in [3.8, 4) is 0 Å². The Hall–Kier alpha value is -1.53. The van der Waals surface area contributed by atoms with Gasteiger partial charge in [0, 0.05) is 64.8 Å². The molecule has 2 rings (SSSR count). The van der Waals surface area contributed by atoms with Crippen molar-refractivity contribution in [2.45, 2.75) is 26.4 Å². The van der Waals surface area contributed by atoms with Gasteiger partial charge < -0.3 is 19.7 Å². The van der Waals surface area contributed by atoms with Crippen LogP contribution in [0.3, 0.4) is 0 Å². The number of aliphatic imine (C=N–C) groups is 1. The fourth-order valence-electron chi connectivity index (χ4n) is 3.05. The van der Waals surface area contributed by atoms with Gasteiger partial charge >= 0.3 is 0 Å². The summed E-state index contributed by atoms with van der Waals surface area (Å²) >= 11 is 0. The summed E-state index contributed by atoms with van der Waals surface area (Å²) in [5.41, 5.74) is 1.29. The third kappa shape index (κ3) is 5.24. The Morgan fingerprint density at radius 3 is 2.58 bits per heavy atom. The van der Waals surface area contributed by atoms with Crippen molar-refractivity contribution in [1.29, 1.82) is 0 Å². The summed E-state index contributed by atoms with van der Waals surface area (Å²) in [5.74, 6) is 0.986. The molecule has 0 bridgehead atoms. The molecule has 1 atom stereocenters. The second kappa shape index (κ2) is 9.08. The van der Waals surface area contributed by atoms with E-state index in [1.54, 1.807) is 0 Å². The van der Waals surface area contributed by atoms with Gasteiger partial charge in [-0.2, -0.15) is 0 Å². The van der Waals surface area contributed by atoms with E-state index in [1.165, 1.54) is 5.69 Å². The van der Waals surface area contributed by atoms with E-state index in [0.29, 0.717) is 6.04 Å². The lowest BCUT2D eigenvalue weighted by molar-refractivity contribution is 0.122. The molecule has 1 aromatic rings. The van der Waals surface area contributed by atoms with Crippen LogP contribution >= 0.6 is 0 Å². The van der Waals surface area contributed by atoms with Gasteiger partial charge in [0.2, 0.25) is 0 Å². The Kier molecular flexibility index (Phi) is 7.12. The molecule has 2 heterocycles. The highest BCUT2D eigenvalue weighted by atomic mass is 15.3. The highest BCUT2D eigenvalue weighted by Crippen LogP contribution is 2.07. The third-order valence-electron chi connectivity index (χ3n) is 4.81. The summed E-state index contributed by atoms with van der Waals surface area (Å²) in [4.78, 5) is 12.0. The minimum atomic E-state index is 0.482. The van der Waals surface area contributed by atoms with E-state index in [0.717, 1.165) is 51.8 Å². The summed E-state index contributed by atoms with van der Waals surface area (Å²) in [6.45, 7) is 11.6. The van der Waals surface area contributed by atoms with Crippen molar-refractivity contribution < 1.29 is 0 Å². The van der Waals surface area contributed by atoms with Crippen molar-refractivity contribution in [3.63, 3.8) is 0 Å². The van der Waals surface area contributed by atoms with Crippen LogP contribution in [0.2, 0.25) is 0 Å². The Labute approximate surface area is 147 Å². The number of rotatable bonds is 6. The number of likely N-dealkylation sites (N-methyl/N-ethyl adjacent to an activating group) is 1. The van der Waals surface area contributed by atoms with E-state index in [2.05, 4.69) is 77.9 Å². The monoisotopic (exact) mass is 334 g/mol. The molecule has 0 saturated carbocycles. The molecule has 6 heteroatoms. The second-order valence-corrected chi connectivity index (χ2v) is 6.85. The van der Waals surface area contributed by atoms with Gasteiger partial charge in [-0.3, -0.25) is 9.89 Å². The van der Waals surface area contributed by atoms with Gasteiger partial charge in [0.05, 0.1) is 13.1 Å². The highest BCUT2D eigenvalue weighted by molar-refractivity contribution is 5.79. The first-order valence-electron chi connectivity index (χ1n) is 9.03. The van der Waals surface area contributed by atoms with E-state index in [9.17, 15) is 0 Å². The van der Waals surface area contributed by atoms with Crippen LogP contribution in [0, 0.1) is 0 Å². The van der Waals surface area contributed by atoms with Crippen LogP contribution in [0.1, 0.15) is 19.5 Å². The van der Waals surface area contributed by atoms with Gasteiger partial charge in [-0.15, -0.1) is 0 Å². The predicted octanol–water partition coefficient (Wildman–Crippen LogP) is 1.06. The molecule has 0 radical (unpaired) electrons. The Balaban J connectivity index is 1.92. The summed E-state index contributed by atoms with van der Waals surface area (Å²) in [6.07, 6.45) is 2.09. The van der Waals surface area contributed by atoms with Gasteiger partial charge in [0.1, 0.15) is 0 Å². The van der Waals surface area contributed by atoms with Gasteiger partial charge in [0.25, 0.3) is 0 Å². The zero-order valence-electron chi connectivity index (χ0n) is 16.0. The SMILES string of the molecule is CCNC(=NCC(C)N1CCN(C)CC1)N(C)Cc1cccn1C. The Bertz CT molecular complexity index is 515. The molecule has 1 aliphatic rings. The maximum atomic E-state index is 4.88. The molecule has 0 spiro atoms. The fraction of sp³-hybridized carbons (Fsp3) is 0.722. The van der Waals surface area contributed by atoms with Crippen LogP contribution < -0.4 is 5.32 Å². The van der Waals surface area contributed by atoms with Crippen LogP contribution in [-0.4, -0.2) is 84.6 Å². The molecule has 1 N–H and O–H groups in total. The van der Waals surface area contributed by atoms with Gasteiger partial charge in [0.15, 0.2) is 5.96 Å². The minimum Gasteiger partial charge on any atom is -0.357 e. The first kappa shape index (κ1) is 18.8. The molecular formula is C18H34N6. The average molecular weight is 335 g/mol. The van der Waals surface area contributed by atoms with E-state index in [1.807, 2.05) is 0 Å². The lowest BCUT2D eigenvalue weighted by atomic mass is 10.2. The van der Waals surface area contributed by atoms with E-state index in [-0.39, 0.29) is 0 Å². The summed E-state index contributed by atoms with van der Waals surface area (Å²) in [6, 6.07) is 4.73. The third-order valence-corrected chi connectivity index (χ3v) is 4.81.